The summed E-state index contributed by atoms with van der Waals surface area (Å²) < 4.78 is 41.3. The number of halogens is 3. The molecule has 0 aliphatic carbocycles. The highest BCUT2D eigenvalue weighted by Crippen LogP contribution is 2.26. The van der Waals surface area contributed by atoms with Gasteiger partial charge in [0.1, 0.15) is 11.3 Å². The number of amides is 1. The molecule has 0 radical (unpaired) electrons. The number of aromatic nitrogens is 2. The summed E-state index contributed by atoms with van der Waals surface area (Å²) in [5.41, 5.74) is 0.497. The van der Waals surface area contributed by atoms with E-state index in [1.165, 1.54) is 11.9 Å². The first-order chi connectivity index (χ1) is 11.8. The van der Waals surface area contributed by atoms with E-state index in [1.807, 2.05) is 31.2 Å². The number of nitrogens with zero attached hydrogens (tertiary/aromatic N) is 3. The Morgan fingerprint density at radius 3 is 2.36 bits per heavy atom. The van der Waals surface area contributed by atoms with E-state index in [0.29, 0.717) is 4.68 Å². The highest BCUT2D eigenvalue weighted by Gasteiger charge is 2.32. The van der Waals surface area contributed by atoms with Crippen molar-refractivity contribution in [3.8, 4) is 0 Å². The largest absolute Gasteiger partial charge is 0.332 e. The molecular formula is C18H22F3N3O. The number of rotatable bonds is 6. The van der Waals surface area contributed by atoms with Crippen LogP contribution in [0.1, 0.15) is 54.4 Å². The van der Waals surface area contributed by atoms with Crippen LogP contribution in [0.5, 0.6) is 0 Å². The summed E-state index contributed by atoms with van der Waals surface area (Å²) in [6, 6.07) is 7.30. The van der Waals surface area contributed by atoms with Gasteiger partial charge in [-0.2, -0.15) is 9.49 Å². The molecule has 0 aliphatic heterocycles. The molecule has 0 spiro atoms. The van der Waals surface area contributed by atoms with Crippen LogP contribution in [0.15, 0.2) is 24.3 Å². The van der Waals surface area contributed by atoms with Gasteiger partial charge in [-0.3, -0.25) is 4.79 Å². The minimum Gasteiger partial charge on any atom is -0.332 e. The Morgan fingerprint density at radius 2 is 1.84 bits per heavy atom. The summed E-state index contributed by atoms with van der Waals surface area (Å²) in [5.74, 6) is -1.82. The standard InChI is InChI=1S/C18H22F3N3O/c1-5-12-8-6-7-9-13(12)10-24(11(2)3)18(25)14-15(16(19)20)22-23(4)17(14)21/h6-9,11,16H,5,10H2,1-4H3. The molecular weight excluding hydrogens is 331 g/mol. The quantitative estimate of drug-likeness (QED) is 0.784. The van der Waals surface area contributed by atoms with Gasteiger partial charge in [0.2, 0.25) is 5.95 Å². The molecule has 1 aromatic heterocycles. The Balaban J connectivity index is 2.43. The second-order valence-electron chi connectivity index (χ2n) is 6.12. The number of carbonyl (C=O) groups is 1. The average Bonchev–Trinajstić information content (AvgIpc) is 2.87. The van der Waals surface area contributed by atoms with Crippen LogP contribution >= 0.6 is 0 Å². The first kappa shape index (κ1) is 19.0. The molecule has 0 fully saturated rings. The molecule has 0 atom stereocenters. The van der Waals surface area contributed by atoms with Crippen LogP contribution in [-0.2, 0) is 20.0 Å². The normalized spacial score (nSPS) is 11.4. The van der Waals surface area contributed by atoms with Crippen molar-refractivity contribution in [1.29, 1.82) is 0 Å². The second-order valence-corrected chi connectivity index (χ2v) is 6.12. The van der Waals surface area contributed by atoms with Crippen LogP contribution in [0.25, 0.3) is 0 Å². The van der Waals surface area contributed by atoms with Crippen LogP contribution in [0.3, 0.4) is 0 Å². The Bertz CT molecular complexity index is 756. The number of benzene rings is 1. The minimum atomic E-state index is -3.02. The summed E-state index contributed by atoms with van der Waals surface area (Å²) in [6.45, 7) is 5.75. The summed E-state index contributed by atoms with van der Waals surface area (Å²) in [5, 5.41) is 3.46. The number of aryl methyl sites for hydroxylation is 2. The van der Waals surface area contributed by atoms with Crippen molar-refractivity contribution in [1.82, 2.24) is 14.7 Å². The fraction of sp³-hybridized carbons (Fsp3) is 0.444. The predicted octanol–water partition coefficient (Wildman–Crippen LogP) is 4.11. The molecule has 0 saturated heterocycles. The number of hydrogen-bond acceptors (Lipinski definition) is 2. The summed E-state index contributed by atoms with van der Waals surface area (Å²) in [4.78, 5) is 14.2. The molecule has 1 heterocycles. The van der Waals surface area contributed by atoms with Crippen LogP contribution in [0.4, 0.5) is 13.2 Å². The lowest BCUT2D eigenvalue weighted by Crippen LogP contribution is -2.37. The molecule has 1 aromatic carbocycles. The molecule has 4 nitrogen and oxygen atoms in total. The lowest BCUT2D eigenvalue weighted by Gasteiger charge is -2.27. The third-order valence-corrected chi connectivity index (χ3v) is 4.15. The third-order valence-electron chi connectivity index (χ3n) is 4.15. The van der Waals surface area contributed by atoms with Gasteiger partial charge in [0.25, 0.3) is 12.3 Å². The van der Waals surface area contributed by atoms with E-state index >= 15 is 0 Å². The fourth-order valence-electron chi connectivity index (χ4n) is 2.75. The topological polar surface area (TPSA) is 38.1 Å². The Labute approximate surface area is 145 Å². The zero-order valence-corrected chi connectivity index (χ0v) is 14.8. The first-order valence-electron chi connectivity index (χ1n) is 8.16. The summed E-state index contributed by atoms with van der Waals surface area (Å²) in [7, 11) is 1.20. The van der Waals surface area contributed by atoms with Gasteiger partial charge in [0, 0.05) is 19.6 Å². The van der Waals surface area contributed by atoms with E-state index < -0.39 is 29.5 Å². The highest BCUT2D eigenvalue weighted by atomic mass is 19.3. The van der Waals surface area contributed by atoms with Crippen LogP contribution in [0.2, 0.25) is 0 Å². The van der Waals surface area contributed by atoms with E-state index in [2.05, 4.69) is 5.10 Å². The lowest BCUT2D eigenvalue weighted by molar-refractivity contribution is 0.0672. The highest BCUT2D eigenvalue weighted by molar-refractivity contribution is 5.95. The van der Waals surface area contributed by atoms with Gasteiger partial charge < -0.3 is 4.90 Å². The van der Waals surface area contributed by atoms with Crippen molar-refractivity contribution in [2.75, 3.05) is 0 Å². The average molecular weight is 353 g/mol. The summed E-state index contributed by atoms with van der Waals surface area (Å²) >= 11 is 0. The third kappa shape index (κ3) is 3.86. The molecule has 25 heavy (non-hydrogen) atoms. The zero-order valence-electron chi connectivity index (χ0n) is 14.8. The molecule has 1 amide bonds. The Kier molecular flexibility index (Phi) is 5.87. The van der Waals surface area contributed by atoms with Gasteiger partial charge in [-0.1, -0.05) is 31.2 Å². The first-order valence-corrected chi connectivity index (χ1v) is 8.16. The van der Waals surface area contributed by atoms with Crippen LogP contribution < -0.4 is 0 Å². The molecule has 0 N–H and O–H groups in total. The van der Waals surface area contributed by atoms with Gasteiger partial charge in [-0.25, -0.2) is 13.5 Å². The van der Waals surface area contributed by atoms with E-state index in [0.717, 1.165) is 17.5 Å². The zero-order chi connectivity index (χ0) is 18.7. The molecule has 136 valence electrons. The van der Waals surface area contributed by atoms with Crippen molar-refractivity contribution < 1.29 is 18.0 Å². The van der Waals surface area contributed by atoms with Crippen molar-refractivity contribution in [2.45, 2.75) is 46.2 Å². The Morgan fingerprint density at radius 1 is 1.24 bits per heavy atom. The van der Waals surface area contributed by atoms with Crippen LogP contribution in [-0.4, -0.2) is 26.6 Å². The van der Waals surface area contributed by atoms with Gasteiger partial charge in [-0.05, 0) is 31.4 Å². The van der Waals surface area contributed by atoms with Crippen molar-refractivity contribution in [3.05, 3.63) is 52.6 Å². The Hall–Kier alpha value is -2.31. The molecule has 0 bridgehead atoms. The maximum absolute atomic E-state index is 14.3. The van der Waals surface area contributed by atoms with Gasteiger partial charge in [0.15, 0.2) is 0 Å². The van der Waals surface area contributed by atoms with E-state index in [9.17, 15) is 18.0 Å². The van der Waals surface area contributed by atoms with Crippen molar-refractivity contribution >= 4 is 5.91 Å². The minimum absolute atomic E-state index is 0.220. The SMILES string of the molecule is CCc1ccccc1CN(C(=O)c1c(C(F)F)nn(C)c1F)C(C)C. The molecule has 0 unspecified atom stereocenters. The van der Waals surface area contributed by atoms with Crippen molar-refractivity contribution in [3.63, 3.8) is 0 Å². The molecule has 2 aromatic rings. The van der Waals surface area contributed by atoms with Gasteiger partial charge >= 0.3 is 0 Å². The second kappa shape index (κ2) is 7.72. The monoisotopic (exact) mass is 353 g/mol. The van der Waals surface area contributed by atoms with Gasteiger partial charge in [-0.15, -0.1) is 0 Å². The number of alkyl halides is 2. The van der Waals surface area contributed by atoms with Gasteiger partial charge in [0.05, 0.1) is 0 Å². The number of carbonyl (C=O) groups excluding carboxylic acids is 1. The van der Waals surface area contributed by atoms with E-state index in [4.69, 9.17) is 0 Å². The van der Waals surface area contributed by atoms with Crippen molar-refractivity contribution in [2.24, 2.45) is 7.05 Å². The number of hydrogen-bond donors (Lipinski definition) is 0. The maximum Gasteiger partial charge on any atom is 0.283 e. The predicted molar refractivity (Wildman–Crippen MR) is 89.0 cm³/mol. The lowest BCUT2D eigenvalue weighted by atomic mass is 10.0. The molecule has 0 saturated carbocycles. The molecule has 7 heteroatoms. The van der Waals surface area contributed by atoms with E-state index in [1.54, 1.807) is 13.8 Å². The molecule has 0 aliphatic rings. The maximum atomic E-state index is 14.3. The van der Waals surface area contributed by atoms with Crippen LogP contribution in [0, 0.1) is 5.95 Å². The summed E-state index contributed by atoms with van der Waals surface area (Å²) in [6.07, 6.45) is -2.24. The van der Waals surface area contributed by atoms with E-state index in [-0.39, 0.29) is 12.6 Å². The molecule has 2 rings (SSSR count). The smallest absolute Gasteiger partial charge is 0.283 e. The fourth-order valence-corrected chi connectivity index (χ4v) is 2.75.